The van der Waals surface area contributed by atoms with Gasteiger partial charge in [0, 0.05) is 25.0 Å². The number of amides is 1. The molecule has 1 saturated heterocycles. The van der Waals surface area contributed by atoms with Gasteiger partial charge in [0.25, 0.3) is 0 Å². The van der Waals surface area contributed by atoms with Gasteiger partial charge >= 0.3 is 0 Å². The molecule has 2 bridgehead atoms. The first kappa shape index (κ1) is 25.5. The van der Waals surface area contributed by atoms with Gasteiger partial charge in [-0.05, 0) is 80.5 Å². The van der Waals surface area contributed by atoms with Crippen LogP contribution in [0.4, 0.5) is 0 Å². The minimum absolute atomic E-state index is 0. The highest BCUT2D eigenvalue weighted by Crippen LogP contribution is 2.41. The Morgan fingerprint density at radius 3 is 2.17 bits per heavy atom. The van der Waals surface area contributed by atoms with Crippen LogP contribution in [-0.4, -0.2) is 29.9 Å². The molecule has 0 radical (unpaired) electrons. The summed E-state index contributed by atoms with van der Waals surface area (Å²) in [6.45, 7) is 6.47. The summed E-state index contributed by atoms with van der Waals surface area (Å²) in [7, 11) is 0. The first-order valence-corrected chi connectivity index (χ1v) is 11.4. The third kappa shape index (κ3) is 6.35. The molecule has 4 nitrogen and oxygen atoms in total. The number of nitrogens with zero attached hydrogens (tertiary/aromatic N) is 1. The van der Waals surface area contributed by atoms with Crippen molar-refractivity contribution in [2.75, 3.05) is 13.1 Å². The second kappa shape index (κ2) is 11.7. The van der Waals surface area contributed by atoms with E-state index in [1.807, 2.05) is 0 Å². The van der Waals surface area contributed by atoms with Gasteiger partial charge in [-0.2, -0.15) is 0 Å². The normalized spacial score (nSPS) is 29.4. The van der Waals surface area contributed by atoms with Gasteiger partial charge < -0.3 is 11.1 Å². The lowest BCUT2D eigenvalue weighted by atomic mass is 9.65. The summed E-state index contributed by atoms with van der Waals surface area (Å²) >= 11 is 0. The summed E-state index contributed by atoms with van der Waals surface area (Å²) in [6.07, 6.45) is 8.31. The molecule has 4 rings (SSSR count). The number of piperidine rings is 1. The largest absolute Gasteiger partial charge is 0.352 e. The zero-order valence-electron chi connectivity index (χ0n) is 18.2. The minimum Gasteiger partial charge on any atom is -0.352 e. The predicted molar refractivity (Wildman–Crippen MR) is 128 cm³/mol. The van der Waals surface area contributed by atoms with Crippen molar-refractivity contribution in [3.8, 4) is 0 Å². The van der Waals surface area contributed by atoms with Crippen molar-refractivity contribution in [3.63, 3.8) is 0 Å². The summed E-state index contributed by atoms with van der Waals surface area (Å²) in [4.78, 5) is 15.3. The van der Waals surface area contributed by atoms with Crippen molar-refractivity contribution in [1.82, 2.24) is 10.2 Å². The fourth-order valence-corrected chi connectivity index (χ4v) is 5.58. The van der Waals surface area contributed by atoms with Gasteiger partial charge in [0.05, 0.1) is 0 Å². The number of carbonyl (C=O) groups is 1. The molecule has 2 saturated carbocycles. The molecule has 1 aliphatic heterocycles. The SMILES string of the molecule is CC1CCN(Cc2ccc(CNC(=O)C3CC4CCCC(C3)C4N)cc2)CC1.Cl.Cl. The summed E-state index contributed by atoms with van der Waals surface area (Å²) in [5, 5.41) is 3.19. The van der Waals surface area contributed by atoms with E-state index in [-0.39, 0.29) is 36.6 Å². The number of nitrogens with one attached hydrogen (secondary N) is 1. The molecule has 3 aliphatic rings. The Morgan fingerprint density at radius 1 is 1.00 bits per heavy atom. The zero-order chi connectivity index (χ0) is 19.5. The van der Waals surface area contributed by atoms with Gasteiger partial charge in [0.15, 0.2) is 0 Å². The maximum Gasteiger partial charge on any atom is 0.223 e. The maximum atomic E-state index is 12.7. The van der Waals surface area contributed by atoms with E-state index in [1.54, 1.807) is 0 Å². The van der Waals surface area contributed by atoms with E-state index in [1.165, 1.54) is 56.3 Å². The lowest BCUT2D eigenvalue weighted by Crippen LogP contribution is -2.49. The van der Waals surface area contributed by atoms with Crippen molar-refractivity contribution in [2.45, 2.75) is 71.0 Å². The van der Waals surface area contributed by atoms with E-state index >= 15 is 0 Å². The van der Waals surface area contributed by atoms with Crippen LogP contribution in [0.1, 0.15) is 63.0 Å². The number of halogens is 2. The van der Waals surface area contributed by atoms with Crippen LogP contribution < -0.4 is 11.1 Å². The van der Waals surface area contributed by atoms with E-state index < -0.39 is 0 Å². The average Bonchev–Trinajstić information content (AvgIpc) is 2.69. The number of likely N-dealkylation sites (tertiary alicyclic amines) is 1. The van der Waals surface area contributed by atoms with E-state index in [0.29, 0.717) is 24.4 Å². The quantitative estimate of drug-likeness (QED) is 0.685. The Kier molecular flexibility index (Phi) is 9.93. The van der Waals surface area contributed by atoms with E-state index in [4.69, 9.17) is 5.73 Å². The molecule has 1 amide bonds. The maximum absolute atomic E-state index is 12.7. The lowest BCUT2D eigenvalue weighted by molar-refractivity contribution is -0.128. The van der Waals surface area contributed by atoms with Crippen molar-refractivity contribution in [1.29, 1.82) is 0 Å². The number of benzene rings is 1. The van der Waals surface area contributed by atoms with Gasteiger partial charge in [-0.3, -0.25) is 9.69 Å². The highest BCUT2D eigenvalue weighted by atomic mass is 35.5. The van der Waals surface area contributed by atoms with Crippen LogP contribution >= 0.6 is 24.8 Å². The van der Waals surface area contributed by atoms with Crippen molar-refractivity contribution in [3.05, 3.63) is 35.4 Å². The molecule has 3 fully saturated rings. The van der Waals surface area contributed by atoms with Crippen molar-refractivity contribution < 1.29 is 4.79 Å². The number of hydrogen-bond acceptors (Lipinski definition) is 3. The number of rotatable bonds is 5. The van der Waals surface area contributed by atoms with E-state index in [0.717, 1.165) is 25.3 Å². The summed E-state index contributed by atoms with van der Waals surface area (Å²) in [5.74, 6) is 2.38. The van der Waals surface area contributed by atoms with Crippen LogP contribution in [0.15, 0.2) is 24.3 Å². The highest BCUT2D eigenvalue weighted by Gasteiger charge is 2.40. The highest BCUT2D eigenvalue weighted by molar-refractivity contribution is 5.85. The first-order valence-electron chi connectivity index (χ1n) is 11.4. The molecular weight excluding hydrogens is 417 g/mol. The van der Waals surface area contributed by atoms with Gasteiger partial charge in [-0.1, -0.05) is 37.6 Å². The number of hydrogen-bond donors (Lipinski definition) is 2. The molecule has 2 atom stereocenters. The fourth-order valence-electron chi connectivity index (χ4n) is 5.58. The standard InChI is InChI=1S/C24H37N3O.2ClH/c1-17-9-11-27(12-10-17)16-19-7-5-18(6-8-19)15-26-24(28)22-13-20-3-2-4-21(14-22)23(20)25;;/h5-8,17,20-23H,2-4,9-16,25H2,1H3,(H,26,28);2*1H. The van der Waals surface area contributed by atoms with E-state index in [9.17, 15) is 4.79 Å². The molecular formula is C24H39Cl2N3O. The Hall–Kier alpha value is -0.810. The van der Waals surface area contributed by atoms with E-state index in [2.05, 4.69) is 41.4 Å². The fraction of sp³-hybridized carbons (Fsp3) is 0.708. The molecule has 0 aromatic heterocycles. The van der Waals surface area contributed by atoms with Gasteiger partial charge in [-0.15, -0.1) is 24.8 Å². The van der Waals surface area contributed by atoms with Gasteiger partial charge in [-0.25, -0.2) is 0 Å². The Balaban J connectivity index is 0.00000160. The van der Waals surface area contributed by atoms with Crippen LogP contribution in [0.5, 0.6) is 0 Å². The Morgan fingerprint density at radius 2 is 1.57 bits per heavy atom. The lowest BCUT2D eigenvalue weighted by Gasteiger charge is -2.43. The number of nitrogens with two attached hydrogens (primary N) is 1. The van der Waals surface area contributed by atoms with Crippen LogP contribution in [0.25, 0.3) is 0 Å². The number of carbonyl (C=O) groups excluding carboxylic acids is 1. The summed E-state index contributed by atoms with van der Waals surface area (Å²) in [6, 6.07) is 9.13. The van der Waals surface area contributed by atoms with Crippen molar-refractivity contribution >= 4 is 30.7 Å². The average molecular weight is 457 g/mol. The molecule has 1 heterocycles. The first-order chi connectivity index (χ1) is 13.6. The molecule has 2 unspecified atom stereocenters. The molecule has 2 aliphatic carbocycles. The molecule has 1 aromatic rings. The van der Waals surface area contributed by atoms with Crippen LogP contribution in [0.3, 0.4) is 0 Å². The third-order valence-electron chi connectivity index (χ3n) is 7.56. The van der Waals surface area contributed by atoms with Gasteiger partial charge in [0.2, 0.25) is 5.91 Å². The minimum atomic E-state index is 0. The second-order valence-corrected chi connectivity index (χ2v) is 9.69. The summed E-state index contributed by atoms with van der Waals surface area (Å²) < 4.78 is 0. The third-order valence-corrected chi connectivity index (χ3v) is 7.56. The molecule has 0 spiro atoms. The smallest absolute Gasteiger partial charge is 0.223 e. The topological polar surface area (TPSA) is 58.4 Å². The predicted octanol–water partition coefficient (Wildman–Crippen LogP) is 4.53. The Labute approximate surface area is 194 Å². The monoisotopic (exact) mass is 455 g/mol. The van der Waals surface area contributed by atoms with Crippen molar-refractivity contribution in [2.24, 2.45) is 29.4 Å². The molecule has 30 heavy (non-hydrogen) atoms. The van der Waals surface area contributed by atoms with Gasteiger partial charge in [0.1, 0.15) is 0 Å². The molecule has 1 aromatic carbocycles. The zero-order valence-corrected chi connectivity index (χ0v) is 19.9. The number of fused-ring (bicyclic) bond motifs is 2. The molecule has 6 heteroatoms. The Bertz CT molecular complexity index is 647. The molecule has 3 N–H and O–H groups in total. The molecule has 170 valence electrons. The summed E-state index contributed by atoms with van der Waals surface area (Å²) in [5.41, 5.74) is 8.93. The van der Waals surface area contributed by atoms with Crippen LogP contribution in [-0.2, 0) is 17.9 Å². The second-order valence-electron chi connectivity index (χ2n) is 9.69. The van der Waals surface area contributed by atoms with Crippen LogP contribution in [0, 0.1) is 23.7 Å². The van der Waals surface area contributed by atoms with Crippen LogP contribution in [0.2, 0.25) is 0 Å².